The van der Waals surface area contributed by atoms with Gasteiger partial charge in [-0.05, 0) is 60.0 Å². The molecule has 0 spiro atoms. The van der Waals surface area contributed by atoms with Crippen LogP contribution in [0.1, 0.15) is 12.5 Å². The number of hydrogen-bond donors (Lipinski definition) is 1. The van der Waals surface area contributed by atoms with Crippen LogP contribution in [0.5, 0.6) is 11.5 Å². The molecule has 3 rings (SSSR count). The van der Waals surface area contributed by atoms with Gasteiger partial charge >= 0.3 is 0 Å². The normalized spacial score (nSPS) is 10.9. The van der Waals surface area contributed by atoms with E-state index in [1.807, 2.05) is 54.6 Å². The van der Waals surface area contributed by atoms with Gasteiger partial charge in [-0.25, -0.2) is 5.43 Å². The molecule has 158 valence electrons. The maximum Gasteiger partial charge on any atom is 0.277 e. The number of carboxylic acid groups (broad SMARTS) is 1. The first-order valence-corrected chi connectivity index (χ1v) is 9.56. The van der Waals surface area contributed by atoms with Crippen LogP contribution in [-0.2, 0) is 9.59 Å². The van der Waals surface area contributed by atoms with Crippen LogP contribution >= 0.6 is 0 Å². The number of rotatable bonds is 9. The fraction of sp³-hybridized carbons (Fsp3) is 0.125. The van der Waals surface area contributed by atoms with Gasteiger partial charge in [0.1, 0.15) is 18.1 Å². The maximum atomic E-state index is 12.0. The Balaban J connectivity index is 1.48. The van der Waals surface area contributed by atoms with E-state index in [1.165, 1.54) is 0 Å². The van der Waals surface area contributed by atoms with Gasteiger partial charge in [0.15, 0.2) is 6.61 Å². The molecule has 0 saturated carbocycles. The Morgan fingerprint density at radius 2 is 1.35 bits per heavy atom. The van der Waals surface area contributed by atoms with Crippen LogP contribution in [0.4, 0.5) is 0 Å². The number of carboxylic acids is 1. The minimum Gasteiger partial charge on any atom is -0.546 e. The monoisotopic (exact) mass is 417 g/mol. The SMILES string of the molecule is C/C(=N/NC(=O)COc1ccc(-c2ccccc2)cc1)c1ccc(OCC(=O)[O-])cc1. The van der Waals surface area contributed by atoms with Crippen LogP contribution in [0, 0.1) is 0 Å². The van der Waals surface area contributed by atoms with E-state index in [0.717, 1.165) is 16.7 Å². The minimum absolute atomic E-state index is 0.169. The molecule has 1 amide bonds. The van der Waals surface area contributed by atoms with Crippen molar-refractivity contribution in [2.75, 3.05) is 13.2 Å². The van der Waals surface area contributed by atoms with E-state index in [4.69, 9.17) is 9.47 Å². The average molecular weight is 417 g/mol. The van der Waals surface area contributed by atoms with Crippen molar-refractivity contribution >= 4 is 17.6 Å². The molecule has 3 aromatic rings. The molecule has 7 heteroatoms. The van der Waals surface area contributed by atoms with Crippen molar-refractivity contribution in [3.8, 4) is 22.6 Å². The van der Waals surface area contributed by atoms with E-state index < -0.39 is 12.6 Å². The molecule has 31 heavy (non-hydrogen) atoms. The number of ether oxygens (including phenoxy) is 2. The van der Waals surface area contributed by atoms with E-state index in [0.29, 0.717) is 17.2 Å². The molecule has 0 aromatic heterocycles. The molecule has 0 aliphatic carbocycles. The van der Waals surface area contributed by atoms with E-state index in [-0.39, 0.29) is 12.5 Å². The van der Waals surface area contributed by atoms with E-state index in [1.54, 1.807) is 31.2 Å². The smallest absolute Gasteiger partial charge is 0.277 e. The average Bonchev–Trinajstić information content (AvgIpc) is 2.81. The molecule has 0 saturated heterocycles. The van der Waals surface area contributed by atoms with Crippen molar-refractivity contribution in [1.29, 1.82) is 0 Å². The number of amides is 1. The largest absolute Gasteiger partial charge is 0.546 e. The van der Waals surface area contributed by atoms with Crippen molar-refractivity contribution in [2.45, 2.75) is 6.92 Å². The van der Waals surface area contributed by atoms with E-state index in [9.17, 15) is 14.7 Å². The number of carbonyl (C=O) groups excluding carboxylic acids is 2. The summed E-state index contributed by atoms with van der Waals surface area (Å²) in [4.78, 5) is 22.4. The van der Waals surface area contributed by atoms with Crippen molar-refractivity contribution in [1.82, 2.24) is 5.43 Å². The summed E-state index contributed by atoms with van der Waals surface area (Å²) < 4.78 is 10.5. The third-order valence-corrected chi connectivity index (χ3v) is 4.31. The molecule has 7 nitrogen and oxygen atoms in total. The molecule has 0 unspecified atom stereocenters. The lowest BCUT2D eigenvalue weighted by atomic mass is 10.1. The molecule has 3 aromatic carbocycles. The number of nitrogens with one attached hydrogen (secondary N) is 1. The van der Waals surface area contributed by atoms with Crippen LogP contribution in [0.15, 0.2) is 84.0 Å². The zero-order valence-electron chi connectivity index (χ0n) is 16.9. The molecule has 0 atom stereocenters. The molecular weight excluding hydrogens is 396 g/mol. The highest BCUT2D eigenvalue weighted by Crippen LogP contribution is 2.22. The van der Waals surface area contributed by atoms with Crippen molar-refractivity contribution in [3.63, 3.8) is 0 Å². The Hall–Kier alpha value is -4.13. The summed E-state index contributed by atoms with van der Waals surface area (Å²) in [5, 5.41) is 14.5. The third-order valence-electron chi connectivity index (χ3n) is 4.31. The lowest BCUT2D eigenvalue weighted by Crippen LogP contribution is -2.28. The second-order valence-corrected chi connectivity index (χ2v) is 6.60. The number of nitrogens with zero attached hydrogens (tertiary/aromatic N) is 1. The summed E-state index contributed by atoms with van der Waals surface area (Å²) in [5.74, 6) is -0.696. The second-order valence-electron chi connectivity index (χ2n) is 6.60. The first-order chi connectivity index (χ1) is 15.0. The highest BCUT2D eigenvalue weighted by atomic mass is 16.5. The summed E-state index contributed by atoms with van der Waals surface area (Å²) in [6.45, 7) is 1.05. The topological polar surface area (TPSA) is 100 Å². The Bertz CT molecular complexity index is 1050. The molecule has 0 bridgehead atoms. The predicted octanol–water partition coefficient (Wildman–Crippen LogP) is 2.40. The predicted molar refractivity (Wildman–Crippen MR) is 115 cm³/mol. The second kappa shape index (κ2) is 10.6. The first-order valence-electron chi connectivity index (χ1n) is 9.56. The van der Waals surface area contributed by atoms with Gasteiger partial charge in [-0.2, -0.15) is 5.10 Å². The molecule has 0 heterocycles. The van der Waals surface area contributed by atoms with E-state index >= 15 is 0 Å². The Labute approximate surface area is 179 Å². The van der Waals surface area contributed by atoms with Gasteiger partial charge in [-0.3, -0.25) is 4.79 Å². The van der Waals surface area contributed by atoms with Crippen LogP contribution in [0.3, 0.4) is 0 Å². The number of aliphatic carboxylic acids is 1. The number of hydrogen-bond acceptors (Lipinski definition) is 6. The maximum absolute atomic E-state index is 12.0. The fourth-order valence-electron chi connectivity index (χ4n) is 2.70. The lowest BCUT2D eigenvalue weighted by Gasteiger charge is -2.08. The van der Waals surface area contributed by atoms with Gasteiger partial charge in [0.2, 0.25) is 0 Å². The molecule has 1 N–H and O–H groups in total. The Kier molecular flexibility index (Phi) is 7.37. The zero-order chi connectivity index (χ0) is 22.1. The quantitative estimate of drug-likeness (QED) is 0.426. The number of hydrazone groups is 1. The summed E-state index contributed by atoms with van der Waals surface area (Å²) in [6, 6.07) is 24.1. The molecule has 0 radical (unpaired) electrons. The molecule has 0 aliphatic rings. The van der Waals surface area contributed by atoms with Crippen LogP contribution in [0.2, 0.25) is 0 Å². The lowest BCUT2D eigenvalue weighted by molar-refractivity contribution is -0.307. The summed E-state index contributed by atoms with van der Waals surface area (Å²) in [7, 11) is 0. The number of carbonyl (C=O) groups is 2. The standard InChI is InChI=1S/C24H22N2O5/c1-17(18-7-11-22(12-8-18)31-16-24(28)29)25-26-23(27)15-30-21-13-9-20(10-14-21)19-5-3-2-4-6-19/h2-14H,15-16H2,1H3,(H,26,27)(H,28,29)/p-1/b25-17-. The van der Waals surface area contributed by atoms with Gasteiger partial charge in [0, 0.05) is 0 Å². The van der Waals surface area contributed by atoms with Gasteiger partial charge in [-0.15, -0.1) is 0 Å². The first kappa shape index (κ1) is 21.6. The fourth-order valence-corrected chi connectivity index (χ4v) is 2.70. The third kappa shape index (κ3) is 6.71. The van der Waals surface area contributed by atoms with Crippen LogP contribution < -0.4 is 20.0 Å². The Morgan fingerprint density at radius 3 is 1.97 bits per heavy atom. The molecule has 0 fully saturated rings. The Morgan fingerprint density at radius 1 is 0.806 bits per heavy atom. The summed E-state index contributed by atoms with van der Waals surface area (Å²) in [6.07, 6.45) is 0. The van der Waals surface area contributed by atoms with Crippen LogP contribution in [0.25, 0.3) is 11.1 Å². The number of benzene rings is 3. The van der Waals surface area contributed by atoms with Crippen molar-refractivity contribution in [2.24, 2.45) is 5.10 Å². The van der Waals surface area contributed by atoms with Crippen molar-refractivity contribution in [3.05, 3.63) is 84.4 Å². The summed E-state index contributed by atoms with van der Waals surface area (Å²) >= 11 is 0. The highest BCUT2D eigenvalue weighted by Gasteiger charge is 2.04. The summed E-state index contributed by atoms with van der Waals surface area (Å²) in [5.41, 5.74) is 5.94. The van der Waals surface area contributed by atoms with Gasteiger partial charge < -0.3 is 19.4 Å². The van der Waals surface area contributed by atoms with Gasteiger partial charge in [-0.1, -0.05) is 42.5 Å². The molecular formula is C24H21N2O5-. The van der Waals surface area contributed by atoms with Gasteiger partial charge in [0.25, 0.3) is 5.91 Å². The van der Waals surface area contributed by atoms with Crippen LogP contribution in [-0.4, -0.2) is 30.8 Å². The molecule has 0 aliphatic heterocycles. The van der Waals surface area contributed by atoms with E-state index in [2.05, 4.69) is 10.5 Å². The van der Waals surface area contributed by atoms with Crippen molar-refractivity contribution < 1.29 is 24.2 Å². The van der Waals surface area contributed by atoms with Gasteiger partial charge in [0.05, 0.1) is 11.7 Å². The minimum atomic E-state index is -1.29. The highest BCUT2D eigenvalue weighted by molar-refractivity contribution is 5.99. The zero-order valence-corrected chi connectivity index (χ0v) is 16.9.